The Bertz CT molecular complexity index is 1910. The molecule has 0 aromatic heterocycles. The fraction of sp³-hybridized carbons (Fsp3) is 0.200. The molecule has 1 nitrogen and oxygen atoms in total. The highest BCUT2D eigenvalue weighted by molar-refractivity contribution is 7.69. The molecule has 302 valence electrons. The van der Waals surface area contributed by atoms with Crippen LogP contribution >= 0.6 is 33.2 Å². The van der Waals surface area contributed by atoms with Crippen LogP contribution in [0.3, 0.4) is 0 Å². The Morgan fingerprint density at radius 1 is 0.327 bits per heavy atom. The van der Waals surface area contributed by atoms with Crippen LogP contribution in [0.5, 0.6) is 0 Å². The van der Waals surface area contributed by atoms with Gasteiger partial charge in [0.2, 0.25) is 0 Å². The van der Waals surface area contributed by atoms with E-state index in [9.17, 15) is 39.5 Å². The van der Waals surface area contributed by atoms with Gasteiger partial charge in [0.25, 0.3) is 0 Å². The molecule has 55 heavy (non-hydrogen) atoms. The zero-order valence-electron chi connectivity index (χ0n) is 27.0. The Hall–Kier alpha value is -3.34. The van der Waals surface area contributed by atoms with Crippen LogP contribution < -0.4 is 31.9 Å². The fourth-order valence-electron chi connectivity index (χ4n) is 5.90. The first-order valence-corrected chi connectivity index (χ1v) is 19.8. The molecule has 0 heterocycles. The molecule has 0 aliphatic carbocycles. The van der Waals surface area contributed by atoms with Crippen molar-refractivity contribution in [2.45, 2.75) is 20.8 Å². The number of halogens is 22. The average Bonchev–Trinajstić information content (AvgIpc) is 3.12. The van der Waals surface area contributed by atoms with Crippen molar-refractivity contribution in [3.8, 4) is 0 Å². The predicted molar refractivity (Wildman–Crippen MR) is 165 cm³/mol. The third-order valence-electron chi connectivity index (χ3n) is 8.54. The van der Waals surface area contributed by atoms with Crippen LogP contribution in [0.2, 0.25) is 0 Å². The maximum atomic E-state index is 16.0. The zero-order chi connectivity index (χ0) is 42.6. The molecule has 4 aromatic carbocycles. The second kappa shape index (κ2) is 16.6. The van der Waals surface area contributed by atoms with Crippen LogP contribution in [0.25, 0.3) is 0 Å². The first-order chi connectivity index (χ1) is 25.3. The molecule has 0 unspecified atom stereocenters. The van der Waals surface area contributed by atoms with Crippen molar-refractivity contribution in [2.75, 3.05) is 19.6 Å². The van der Waals surface area contributed by atoms with Gasteiger partial charge in [-0.1, -0.05) is 0 Å². The number of benzene rings is 4. The van der Waals surface area contributed by atoms with E-state index in [0.717, 1.165) is 0 Å². The van der Waals surface area contributed by atoms with Crippen LogP contribution in [-0.2, 0) is 0 Å². The van der Waals surface area contributed by atoms with E-state index >= 15 is 43.9 Å². The summed E-state index contributed by atoms with van der Waals surface area (Å²) in [6, 6.07) is -5.41. The van der Waals surface area contributed by atoms with Crippen molar-refractivity contribution in [2.24, 2.45) is 0 Å². The summed E-state index contributed by atoms with van der Waals surface area (Å²) in [7, 11) is 0. The monoisotopic (exact) mass is 895 g/mol. The van der Waals surface area contributed by atoms with Gasteiger partial charge >= 0.3 is 6.00 Å². The van der Waals surface area contributed by atoms with Gasteiger partial charge < -0.3 is 4.90 Å². The topological polar surface area (TPSA) is 4.44 Å². The van der Waals surface area contributed by atoms with Crippen molar-refractivity contribution in [3.05, 3.63) is 111 Å². The quantitative estimate of drug-likeness (QED) is 0.0679. The molecule has 0 fully saturated rings. The van der Waals surface area contributed by atoms with Gasteiger partial charge in [-0.3, -0.25) is 0 Å². The van der Waals surface area contributed by atoms with Crippen molar-refractivity contribution in [1.82, 2.24) is 0 Å². The number of hydrogen-bond acceptors (Lipinski definition) is 0. The molecule has 0 bridgehead atoms. The van der Waals surface area contributed by atoms with Crippen molar-refractivity contribution < 1.29 is 88.3 Å². The van der Waals surface area contributed by atoms with Crippen LogP contribution in [-0.4, -0.2) is 31.8 Å². The lowest BCUT2D eigenvalue weighted by atomic mass is 9.12. The van der Waals surface area contributed by atoms with Gasteiger partial charge in [-0.25, -0.2) is 83.4 Å². The molecule has 0 spiro atoms. The Kier molecular flexibility index (Phi) is 13.9. The molecule has 1 N–H and O–H groups in total. The van der Waals surface area contributed by atoms with E-state index in [4.69, 9.17) is 33.2 Å². The predicted octanol–water partition coefficient (Wildman–Crippen LogP) is 6.50. The van der Waals surface area contributed by atoms with E-state index in [0.29, 0.717) is 0 Å². The second-order valence-electron chi connectivity index (χ2n) is 11.2. The lowest BCUT2D eigenvalue weighted by molar-refractivity contribution is -0.894. The third kappa shape index (κ3) is 7.25. The highest BCUT2D eigenvalue weighted by Crippen LogP contribution is 2.31. The van der Waals surface area contributed by atoms with E-state index in [1.165, 1.54) is 19.6 Å². The maximum absolute atomic E-state index is 16.0. The minimum absolute atomic E-state index is 1.27. The maximum Gasteiger partial charge on any atom is 0.379 e. The largest absolute Gasteiger partial charge is 0.379 e. The molecule has 0 atom stereocenters. The summed E-state index contributed by atoms with van der Waals surface area (Å²) in [6.45, 7) is 10.5. The third-order valence-corrected chi connectivity index (χ3v) is 11.3. The Morgan fingerprint density at radius 2 is 0.491 bits per heavy atom. The van der Waals surface area contributed by atoms with E-state index in [2.05, 4.69) is 20.8 Å². The Balaban J connectivity index is 0.00000106. The summed E-state index contributed by atoms with van der Waals surface area (Å²) in [5, 5.41) is -2.33. The number of quaternary nitrogens is 1. The van der Waals surface area contributed by atoms with Crippen molar-refractivity contribution in [1.29, 1.82) is 0 Å². The lowest BCUT2D eigenvalue weighted by Gasteiger charge is -2.45. The minimum atomic E-state index is -7.20. The minimum Gasteiger partial charge on any atom is -0.336 e. The molecule has 0 radical (unpaired) electrons. The van der Waals surface area contributed by atoms with Crippen LogP contribution in [0, 0.1) is 111 Å². The summed E-state index contributed by atoms with van der Waals surface area (Å²) in [5.41, 5.74) is -14.1. The number of rotatable bonds is 8. The zero-order valence-corrected chi connectivity index (χ0v) is 30.3. The number of nitrogens with one attached hydrogen (secondary N) is 1. The first kappa shape index (κ1) is 46.0. The van der Waals surface area contributed by atoms with Crippen molar-refractivity contribution >= 4 is 72.4 Å². The summed E-state index contributed by atoms with van der Waals surface area (Å²) >= 11 is 16.0. The Labute approximate surface area is 311 Å². The van der Waals surface area contributed by atoms with Gasteiger partial charge in [0.15, 0.2) is 64.0 Å². The highest BCUT2D eigenvalue weighted by atomic mass is 35.8. The molecule has 0 saturated heterocycles. The molecule has 4 aromatic rings. The van der Waals surface area contributed by atoms with Crippen LogP contribution in [0.15, 0.2) is 0 Å². The van der Waals surface area contributed by atoms with Crippen molar-refractivity contribution in [3.63, 3.8) is 0 Å². The molecule has 25 heteroatoms. The standard InChI is InChI=1S/C24BCl3F19Si.C6H15N/c26-48(27,28)24-22(46)11(35)4(12(36)23(24)47)25(1-5(29)13(37)19(43)14(38)6(1)30,2-7(31)15(39)20(44)16(40)8(2)32)3-9(33)17(41)21(45)18(42)10(3)34;1-4-7(5-2)6-3/h;4-6H2,1-3H3/q-1;/p+1. The van der Waals surface area contributed by atoms with E-state index in [-0.39, 0.29) is 0 Å². The first-order valence-electron chi connectivity index (χ1n) is 14.7. The Morgan fingerprint density at radius 3 is 0.636 bits per heavy atom. The fourth-order valence-corrected chi connectivity index (χ4v) is 8.11. The normalized spacial score (nSPS) is 12.1. The van der Waals surface area contributed by atoms with Gasteiger partial charge in [0.05, 0.1) is 24.8 Å². The summed E-state index contributed by atoms with van der Waals surface area (Å²) in [4.78, 5) is 1.68. The molecule has 0 saturated carbocycles. The van der Waals surface area contributed by atoms with E-state index in [1.54, 1.807) is 4.90 Å². The van der Waals surface area contributed by atoms with Crippen LogP contribution in [0.1, 0.15) is 20.8 Å². The van der Waals surface area contributed by atoms with E-state index in [1.807, 2.05) is 0 Å². The molecule has 0 amide bonds. The highest BCUT2D eigenvalue weighted by Gasteiger charge is 2.53. The molecule has 4 rings (SSSR count). The second-order valence-corrected chi connectivity index (χ2v) is 19.5. The van der Waals surface area contributed by atoms with Gasteiger partial charge in [-0.2, -0.15) is 0 Å². The molecular weight excluding hydrogens is 881 g/mol. The van der Waals surface area contributed by atoms with Crippen LogP contribution in [0.4, 0.5) is 83.4 Å². The SMILES string of the molecule is CC[NH+](CC)CC.Fc1c(F)c(F)c([B-](c2c(F)c(F)c(F)c(F)c2F)(c2c(F)c(F)c(F)c(F)c2F)c2c(F)c(F)c([Si](Cl)(Cl)Cl)c(F)c2F)c(F)c1F. The molecule has 0 aliphatic rings. The summed E-state index contributed by atoms with van der Waals surface area (Å²) in [6.07, 6.45) is -7.20. The van der Waals surface area contributed by atoms with Gasteiger partial charge in [0, 0.05) is 0 Å². The van der Waals surface area contributed by atoms with E-state index < -0.39 is 150 Å². The molecular formula is C30H16BCl3F19NSi. The smallest absolute Gasteiger partial charge is 0.336 e. The van der Waals surface area contributed by atoms with Gasteiger partial charge in [0.1, 0.15) is 52.7 Å². The number of hydrogen-bond donors (Lipinski definition) is 1. The average molecular weight is 897 g/mol. The summed E-state index contributed by atoms with van der Waals surface area (Å²) in [5.74, 6) is -66.7. The lowest BCUT2D eigenvalue weighted by Crippen LogP contribution is -3.11. The van der Waals surface area contributed by atoms with Gasteiger partial charge in [-0.05, 0) is 20.8 Å². The summed E-state index contributed by atoms with van der Waals surface area (Å²) < 4.78 is 286. The van der Waals surface area contributed by atoms with Gasteiger partial charge in [-0.15, -0.1) is 55.1 Å². The molecule has 0 aliphatic heterocycles.